The van der Waals surface area contributed by atoms with Gasteiger partial charge in [0.05, 0.1) is 13.2 Å². The normalized spacial score (nSPS) is 16.9. The molecule has 1 aliphatic rings. The lowest BCUT2D eigenvalue weighted by Gasteiger charge is -2.33. The van der Waals surface area contributed by atoms with Crippen LogP contribution in [0.2, 0.25) is 0 Å². The number of pyridine rings is 1. The first kappa shape index (κ1) is 22.9. The zero-order valence-corrected chi connectivity index (χ0v) is 18.9. The number of ether oxygens (including phenoxy) is 1. The van der Waals surface area contributed by atoms with Crippen LogP contribution in [0.25, 0.3) is 10.8 Å². The number of nitrogens with one attached hydrogen (secondary N) is 1. The molecule has 0 bridgehead atoms. The van der Waals surface area contributed by atoms with E-state index in [0.29, 0.717) is 31.9 Å². The van der Waals surface area contributed by atoms with E-state index < -0.39 is 17.3 Å². The molecule has 0 unspecified atom stereocenters. The van der Waals surface area contributed by atoms with Gasteiger partial charge in [-0.2, -0.15) is 0 Å². The molecular weight excluding hydrogens is 421 g/mol. The Bertz CT molecular complexity index is 1150. The topological polar surface area (TPSA) is 71.5 Å². The summed E-state index contributed by atoms with van der Waals surface area (Å²) < 4.78 is 19.0. The fourth-order valence-corrected chi connectivity index (χ4v) is 4.19. The fourth-order valence-electron chi connectivity index (χ4n) is 4.19. The number of benzene rings is 2. The Balaban J connectivity index is 1.43. The molecule has 3 aromatic rings. The van der Waals surface area contributed by atoms with Crippen LogP contribution < -0.4 is 5.32 Å². The highest BCUT2D eigenvalue weighted by atomic mass is 19.1. The lowest BCUT2D eigenvalue weighted by molar-refractivity contribution is -0.137. The Morgan fingerprint density at radius 1 is 1.15 bits per heavy atom. The summed E-state index contributed by atoms with van der Waals surface area (Å²) in [6, 6.07) is 13.6. The number of rotatable bonds is 5. The molecule has 1 atom stereocenters. The van der Waals surface area contributed by atoms with Crippen molar-refractivity contribution >= 4 is 22.6 Å². The minimum absolute atomic E-state index is 0.133. The average Bonchev–Trinajstić information content (AvgIpc) is 3.04. The first-order valence-corrected chi connectivity index (χ1v) is 11.1. The molecule has 2 aromatic carbocycles. The van der Waals surface area contributed by atoms with E-state index >= 15 is 0 Å². The summed E-state index contributed by atoms with van der Waals surface area (Å²) in [5, 5.41) is 5.02. The van der Waals surface area contributed by atoms with Gasteiger partial charge in [-0.3, -0.25) is 14.6 Å². The van der Waals surface area contributed by atoms with Gasteiger partial charge in [-0.15, -0.1) is 0 Å². The molecule has 1 N–H and O–H groups in total. The average molecular weight is 450 g/mol. The highest BCUT2D eigenvalue weighted by molar-refractivity contribution is 5.98. The fraction of sp³-hybridized carbons (Fsp3) is 0.346. The van der Waals surface area contributed by atoms with Gasteiger partial charge in [0, 0.05) is 42.4 Å². The predicted octanol–water partition coefficient (Wildman–Crippen LogP) is 3.60. The van der Waals surface area contributed by atoms with E-state index in [4.69, 9.17) is 4.74 Å². The maximum atomic E-state index is 13.4. The van der Waals surface area contributed by atoms with Gasteiger partial charge in [0.25, 0.3) is 5.91 Å². The number of halogens is 1. The number of carbonyl (C=O) groups is 2. The van der Waals surface area contributed by atoms with Crippen LogP contribution in [-0.2, 0) is 16.0 Å². The van der Waals surface area contributed by atoms with Crippen molar-refractivity contribution in [3.8, 4) is 0 Å². The molecule has 4 rings (SSSR count). The lowest BCUT2D eigenvalue weighted by Crippen LogP contribution is -2.56. The third kappa shape index (κ3) is 5.54. The minimum atomic E-state index is -1.12. The number of carbonyl (C=O) groups excluding carboxylic acids is 2. The number of hydrogen-bond donors (Lipinski definition) is 1. The molecular formula is C26H28FN3O3. The van der Waals surface area contributed by atoms with E-state index in [9.17, 15) is 14.0 Å². The van der Waals surface area contributed by atoms with Crippen molar-refractivity contribution in [3.63, 3.8) is 0 Å². The highest BCUT2D eigenvalue weighted by Gasteiger charge is 2.35. The Hall–Kier alpha value is -3.32. The summed E-state index contributed by atoms with van der Waals surface area (Å²) in [5.74, 6) is -0.869. The van der Waals surface area contributed by atoms with E-state index in [1.165, 1.54) is 29.8 Å². The Kier molecular flexibility index (Phi) is 6.70. The summed E-state index contributed by atoms with van der Waals surface area (Å²) in [4.78, 5) is 31.9. The highest BCUT2D eigenvalue weighted by Crippen LogP contribution is 2.21. The molecule has 1 saturated heterocycles. The van der Waals surface area contributed by atoms with Crippen LogP contribution in [0.4, 0.5) is 4.39 Å². The van der Waals surface area contributed by atoms with Crippen LogP contribution in [0.5, 0.6) is 0 Å². The third-order valence-corrected chi connectivity index (χ3v) is 5.92. The second kappa shape index (κ2) is 9.67. The van der Waals surface area contributed by atoms with Gasteiger partial charge in [0.15, 0.2) is 0 Å². The SMILES string of the molecule is CC(C)(NC(=O)c1ccc(F)cc1)C(=O)N1CCOC[C@H](Cc2ccc3ccncc3c2)C1. The van der Waals surface area contributed by atoms with Crippen molar-refractivity contribution in [2.24, 2.45) is 5.92 Å². The van der Waals surface area contributed by atoms with Crippen molar-refractivity contribution in [1.29, 1.82) is 0 Å². The molecule has 1 aromatic heterocycles. The maximum Gasteiger partial charge on any atom is 0.252 e. The van der Waals surface area contributed by atoms with Gasteiger partial charge in [0.2, 0.25) is 5.91 Å². The van der Waals surface area contributed by atoms with Gasteiger partial charge in [-0.25, -0.2) is 4.39 Å². The molecule has 6 nitrogen and oxygen atoms in total. The first-order chi connectivity index (χ1) is 15.8. The Labute approximate surface area is 192 Å². The van der Waals surface area contributed by atoms with E-state index in [0.717, 1.165) is 17.2 Å². The molecule has 0 saturated carbocycles. The summed E-state index contributed by atoms with van der Waals surface area (Å²) in [5.41, 5.74) is 0.358. The molecule has 2 heterocycles. The van der Waals surface area contributed by atoms with Crippen LogP contribution >= 0.6 is 0 Å². The molecule has 172 valence electrons. The van der Waals surface area contributed by atoms with E-state index in [1.54, 1.807) is 24.9 Å². The maximum absolute atomic E-state index is 13.4. The molecule has 1 fully saturated rings. The number of fused-ring (bicyclic) bond motifs is 1. The molecule has 1 aliphatic heterocycles. The van der Waals surface area contributed by atoms with Crippen LogP contribution in [0, 0.1) is 11.7 Å². The quantitative estimate of drug-likeness (QED) is 0.646. The van der Waals surface area contributed by atoms with Crippen LogP contribution in [-0.4, -0.2) is 53.5 Å². The smallest absolute Gasteiger partial charge is 0.252 e. The van der Waals surface area contributed by atoms with Crippen LogP contribution in [0.15, 0.2) is 60.9 Å². The largest absolute Gasteiger partial charge is 0.379 e. The molecule has 7 heteroatoms. The zero-order valence-electron chi connectivity index (χ0n) is 18.9. The van der Waals surface area contributed by atoms with Gasteiger partial charge >= 0.3 is 0 Å². The van der Waals surface area contributed by atoms with Gasteiger partial charge < -0.3 is 15.0 Å². The van der Waals surface area contributed by atoms with Crippen molar-refractivity contribution < 1.29 is 18.7 Å². The number of amides is 2. The van der Waals surface area contributed by atoms with Crippen molar-refractivity contribution in [3.05, 3.63) is 77.9 Å². The summed E-state index contributed by atoms with van der Waals surface area (Å²) in [6.07, 6.45) is 4.41. The Morgan fingerprint density at radius 3 is 2.73 bits per heavy atom. The molecule has 0 spiro atoms. The van der Waals surface area contributed by atoms with Gasteiger partial charge in [-0.05, 0) is 67.6 Å². The summed E-state index contributed by atoms with van der Waals surface area (Å²) >= 11 is 0. The first-order valence-electron chi connectivity index (χ1n) is 11.1. The van der Waals surface area contributed by atoms with E-state index in [2.05, 4.69) is 28.5 Å². The van der Waals surface area contributed by atoms with E-state index in [-0.39, 0.29) is 11.8 Å². The summed E-state index contributed by atoms with van der Waals surface area (Å²) in [7, 11) is 0. The predicted molar refractivity (Wildman–Crippen MR) is 124 cm³/mol. The van der Waals surface area contributed by atoms with Crippen molar-refractivity contribution in [1.82, 2.24) is 15.2 Å². The second-order valence-corrected chi connectivity index (χ2v) is 9.04. The lowest BCUT2D eigenvalue weighted by atomic mass is 9.96. The molecule has 2 amide bonds. The third-order valence-electron chi connectivity index (χ3n) is 5.92. The minimum Gasteiger partial charge on any atom is -0.379 e. The molecule has 0 aliphatic carbocycles. The van der Waals surface area contributed by atoms with Gasteiger partial charge in [0.1, 0.15) is 11.4 Å². The van der Waals surface area contributed by atoms with Crippen molar-refractivity contribution in [2.45, 2.75) is 25.8 Å². The molecule has 0 radical (unpaired) electrons. The van der Waals surface area contributed by atoms with Crippen LogP contribution in [0.1, 0.15) is 29.8 Å². The monoisotopic (exact) mass is 449 g/mol. The zero-order chi connectivity index (χ0) is 23.4. The standard InChI is InChI=1S/C26H28FN3O3/c1-26(2,29-24(31)21-5-7-23(27)8-6-21)25(32)30-11-12-33-17-19(16-30)13-18-3-4-20-9-10-28-15-22(20)14-18/h3-10,14-15,19H,11-13,16-17H2,1-2H3,(H,29,31)/t19-/m1/s1. The van der Waals surface area contributed by atoms with Crippen molar-refractivity contribution in [2.75, 3.05) is 26.3 Å². The number of hydrogen-bond acceptors (Lipinski definition) is 4. The van der Waals surface area contributed by atoms with Gasteiger partial charge in [-0.1, -0.05) is 12.1 Å². The molecule has 33 heavy (non-hydrogen) atoms. The second-order valence-electron chi connectivity index (χ2n) is 9.04. The summed E-state index contributed by atoms with van der Waals surface area (Å²) in [6.45, 7) is 5.40. The Morgan fingerprint density at radius 2 is 1.94 bits per heavy atom. The number of aromatic nitrogens is 1. The van der Waals surface area contributed by atoms with E-state index in [1.807, 2.05) is 12.3 Å². The number of nitrogens with zero attached hydrogens (tertiary/aromatic N) is 2. The van der Waals surface area contributed by atoms with Crippen LogP contribution in [0.3, 0.4) is 0 Å².